The van der Waals surface area contributed by atoms with Crippen LogP contribution >= 0.6 is 11.3 Å². The van der Waals surface area contributed by atoms with Crippen molar-refractivity contribution >= 4 is 11.3 Å². The minimum Gasteiger partial charge on any atom is -0.389 e. The molecule has 3 nitrogen and oxygen atoms in total. The van der Waals surface area contributed by atoms with Crippen molar-refractivity contribution in [2.24, 2.45) is 0 Å². The monoisotopic (exact) mass is 215 g/mol. The molecule has 0 radical (unpaired) electrons. The molecule has 0 fully saturated rings. The lowest BCUT2D eigenvalue weighted by atomic mass is 10.3. The van der Waals surface area contributed by atoms with Gasteiger partial charge < -0.3 is 15.2 Å². The number of aliphatic hydroxyl groups is 1. The fraction of sp³-hybridized carbons (Fsp3) is 0.600. The Bertz CT molecular complexity index is 226. The molecule has 0 aliphatic heterocycles. The molecule has 1 aromatic heterocycles. The third-order valence-electron chi connectivity index (χ3n) is 1.82. The standard InChI is InChI=1S/C10H17NO2S/c1-11-7-9(12)8-13-5-4-10-3-2-6-14-10/h2-3,6,9,11-12H,4-5,7-8H2,1H3. The second kappa shape index (κ2) is 6.95. The van der Waals surface area contributed by atoms with Gasteiger partial charge >= 0.3 is 0 Å². The second-order valence-electron chi connectivity index (χ2n) is 3.12. The second-order valence-corrected chi connectivity index (χ2v) is 4.15. The van der Waals surface area contributed by atoms with Gasteiger partial charge in [0.05, 0.1) is 19.3 Å². The van der Waals surface area contributed by atoms with Crippen LogP contribution in [0.5, 0.6) is 0 Å². The molecule has 0 aliphatic rings. The Morgan fingerprint density at radius 2 is 2.50 bits per heavy atom. The van der Waals surface area contributed by atoms with Crippen molar-refractivity contribution in [3.8, 4) is 0 Å². The van der Waals surface area contributed by atoms with E-state index in [1.807, 2.05) is 13.1 Å². The minimum atomic E-state index is -0.400. The van der Waals surface area contributed by atoms with Crippen molar-refractivity contribution < 1.29 is 9.84 Å². The lowest BCUT2D eigenvalue weighted by Crippen LogP contribution is -2.28. The highest BCUT2D eigenvalue weighted by Crippen LogP contribution is 2.08. The normalized spacial score (nSPS) is 13.0. The van der Waals surface area contributed by atoms with Crippen molar-refractivity contribution in [2.75, 3.05) is 26.8 Å². The van der Waals surface area contributed by atoms with E-state index in [1.165, 1.54) is 4.88 Å². The number of nitrogens with one attached hydrogen (secondary N) is 1. The van der Waals surface area contributed by atoms with E-state index in [2.05, 4.69) is 16.8 Å². The summed E-state index contributed by atoms with van der Waals surface area (Å²) in [5.41, 5.74) is 0. The van der Waals surface area contributed by atoms with Crippen molar-refractivity contribution in [2.45, 2.75) is 12.5 Å². The number of ether oxygens (including phenoxy) is 1. The van der Waals surface area contributed by atoms with Gasteiger partial charge in [0.1, 0.15) is 0 Å². The molecule has 1 aromatic rings. The van der Waals surface area contributed by atoms with Crippen LogP contribution in [0.25, 0.3) is 0 Å². The van der Waals surface area contributed by atoms with Crippen LogP contribution < -0.4 is 5.32 Å². The summed E-state index contributed by atoms with van der Waals surface area (Å²) >= 11 is 1.74. The highest BCUT2D eigenvalue weighted by Gasteiger charge is 2.01. The molecule has 0 spiro atoms. The molecule has 4 heteroatoms. The molecule has 0 aliphatic carbocycles. The largest absolute Gasteiger partial charge is 0.389 e. The minimum absolute atomic E-state index is 0.400. The van der Waals surface area contributed by atoms with E-state index in [1.54, 1.807) is 11.3 Å². The van der Waals surface area contributed by atoms with Crippen LogP contribution in [0.2, 0.25) is 0 Å². The van der Waals surface area contributed by atoms with E-state index >= 15 is 0 Å². The summed E-state index contributed by atoms with van der Waals surface area (Å²) < 4.78 is 5.34. The lowest BCUT2D eigenvalue weighted by Gasteiger charge is -2.09. The molecular formula is C10H17NO2S. The van der Waals surface area contributed by atoms with E-state index in [-0.39, 0.29) is 0 Å². The predicted octanol–water partition coefficient (Wildman–Crippen LogP) is 0.887. The first-order chi connectivity index (χ1) is 6.83. The number of rotatable bonds is 7. The van der Waals surface area contributed by atoms with Crippen LogP contribution in [-0.4, -0.2) is 38.0 Å². The smallest absolute Gasteiger partial charge is 0.0897 e. The maximum Gasteiger partial charge on any atom is 0.0897 e. The fourth-order valence-electron chi connectivity index (χ4n) is 1.14. The molecular weight excluding hydrogens is 198 g/mol. The van der Waals surface area contributed by atoms with Crippen LogP contribution in [0.3, 0.4) is 0 Å². The van der Waals surface area contributed by atoms with Crippen LogP contribution in [-0.2, 0) is 11.2 Å². The molecule has 14 heavy (non-hydrogen) atoms. The molecule has 0 saturated heterocycles. The SMILES string of the molecule is CNCC(O)COCCc1cccs1. The Morgan fingerprint density at radius 3 is 3.14 bits per heavy atom. The number of thiophene rings is 1. The molecule has 0 saturated carbocycles. The molecule has 1 rings (SSSR count). The topological polar surface area (TPSA) is 41.5 Å². The number of aliphatic hydroxyl groups excluding tert-OH is 1. The average molecular weight is 215 g/mol. The van der Waals surface area contributed by atoms with Gasteiger partial charge in [-0.3, -0.25) is 0 Å². The van der Waals surface area contributed by atoms with Gasteiger partial charge in [-0.2, -0.15) is 0 Å². The van der Waals surface area contributed by atoms with Gasteiger partial charge in [0.25, 0.3) is 0 Å². The number of likely N-dealkylation sites (N-methyl/N-ethyl adjacent to an activating group) is 1. The van der Waals surface area contributed by atoms with Gasteiger partial charge in [0, 0.05) is 17.8 Å². The summed E-state index contributed by atoms with van der Waals surface area (Å²) in [6.07, 6.45) is 0.535. The maximum absolute atomic E-state index is 9.32. The first kappa shape index (κ1) is 11.7. The molecule has 1 atom stereocenters. The molecule has 0 amide bonds. The zero-order chi connectivity index (χ0) is 10.2. The Hall–Kier alpha value is -0.420. The summed E-state index contributed by atoms with van der Waals surface area (Å²) in [4.78, 5) is 1.33. The van der Waals surface area contributed by atoms with Crippen LogP contribution in [0.15, 0.2) is 17.5 Å². The number of hydrogen-bond donors (Lipinski definition) is 2. The van der Waals surface area contributed by atoms with Gasteiger partial charge in [-0.1, -0.05) is 6.07 Å². The summed E-state index contributed by atoms with van der Waals surface area (Å²) in [7, 11) is 1.81. The van der Waals surface area contributed by atoms with E-state index in [0.717, 1.165) is 6.42 Å². The van der Waals surface area contributed by atoms with Crippen molar-refractivity contribution in [1.29, 1.82) is 0 Å². The van der Waals surface area contributed by atoms with Crippen molar-refractivity contribution in [1.82, 2.24) is 5.32 Å². The zero-order valence-electron chi connectivity index (χ0n) is 8.40. The summed E-state index contributed by atoms with van der Waals surface area (Å²) in [6.45, 7) is 1.67. The highest BCUT2D eigenvalue weighted by atomic mass is 32.1. The van der Waals surface area contributed by atoms with E-state index in [9.17, 15) is 5.11 Å². The first-order valence-corrected chi connectivity index (χ1v) is 5.63. The Kier molecular flexibility index (Phi) is 5.78. The predicted molar refractivity (Wildman–Crippen MR) is 58.8 cm³/mol. The average Bonchev–Trinajstić information content (AvgIpc) is 2.65. The maximum atomic E-state index is 9.32. The van der Waals surface area contributed by atoms with Crippen LogP contribution in [0, 0.1) is 0 Å². The quantitative estimate of drug-likeness (QED) is 0.664. The zero-order valence-corrected chi connectivity index (χ0v) is 9.22. The molecule has 1 unspecified atom stereocenters. The summed E-state index contributed by atoms with van der Waals surface area (Å²) in [5, 5.41) is 14.3. The fourth-order valence-corrected chi connectivity index (χ4v) is 1.83. The van der Waals surface area contributed by atoms with E-state index in [0.29, 0.717) is 19.8 Å². The molecule has 0 aromatic carbocycles. The van der Waals surface area contributed by atoms with Crippen LogP contribution in [0.4, 0.5) is 0 Å². The van der Waals surface area contributed by atoms with Gasteiger partial charge in [-0.05, 0) is 18.5 Å². The Morgan fingerprint density at radius 1 is 1.64 bits per heavy atom. The van der Waals surface area contributed by atoms with Gasteiger partial charge in [-0.25, -0.2) is 0 Å². The third-order valence-corrected chi connectivity index (χ3v) is 2.76. The highest BCUT2D eigenvalue weighted by molar-refractivity contribution is 7.09. The van der Waals surface area contributed by atoms with Gasteiger partial charge in [0.15, 0.2) is 0 Å². The molecule has 2 N–H and O–H groups in total. The third kappa shape index (κ3) is 4.72. The summed E-state index contributed by atoms with van der Waals surface area (Å²) in [6, 6.07) is 4.13. The molecule has 80 valence electrons. The van der Waals surface area contributed by atoms with E-state index in [4.69, 9.17) is 4.74 Å². The van der Waals surface area contributed by atoms with Gasteiger partial charge in [0.2, 0.25) is 0 Å². The molecule has 1 heterocycles. The Labute approximate surface area is 88.7 Å². The van der Waals surface area contributed by atoms with Gasteiger partial charge in [-0.15, -0.1) is 11.3 Å². The Balaban J connectivity index is 1.99. The first-order valence-electron chi connectivity index (χ1n) is 4.75. The van der Waals surface area contributed by atoms with Crippen LogP contribution in [0.1, 0.15) is 4.88 Å². The van der Waals surface area contributed by atoms with Crippen molar-refractivity contribution in [3.63, 3.8) is 0 Å². The lowest BCUT2D eigenvalue weighted by molar-refractivity contribution is 0.0395. The van der Waals surface area contributed by atoms with E-state index < -0.39 is 6.10 Å². The summed E-state index contributed by atoms with van der Waals surface area (Å²) in [5.74, 6) is 0. The number of hydrogen-bond acceptors (Lipinski definition) is 4. The molecule has 0 bridgehead atoms. The van der Waals surface area contributed by atoms with Crippen molar-refractivity contribution in [3.05, 3.63) is 22.4 Å².